The summed E-state index contributed by atoms with van der Waals surface area (Å²) in [5.74, 6) is 0.247. The number of guanidine groups is 1. The van der Waals surface area contributed by atoms with Crippen LogP contribution < -0.4 is 10.6 Å². The first-order chi connectivity index (χ1) is 8.19. The molecule has 1 aromatic heterocycles. The second-order valence-electron chi connectivity index (χ2n) is 3.54. The molecule has 2 rings (SSSR count). The van der Waals surface area contributed by atoms with Crippen LogP contribution in [0.3, 0.4) is 0 Å². The van der Waals surface area contributed by atoms with Gasteiger partial charge in [0.05, 0.1) is 30.3 Å². The molecule has 0 bridgehead atoms. The summed E-state index contributed by atoms with van der Waals surface area (Å²) < 4.78 is 4.61. The van der Waals surface area contributed by atoms with Gasteiger partial charge in [-0.05, 0) is 6.07 Å². The quantitative estimate of drug-likeness (QED) is 0.661. The number of anilines is 1. The average Bonchev–Trinajstić information content (AvgIpc) is 2.80. The lowest BCUT2D eigenvalue weighted by Crippen LogP contribution is -2.42. The first kappa shape index (κ1) is 11.9. The van der Waals surface area contributed by atoms with Crippen molar-refractivity contribution in [2.24, 2.45) is 4.99 Å². The summed E-state index contributed by atoms with van der Waals surface area (Å²) in [4.78, 5) is 15.4. The van der Waals surface area contributed by atoms with Crippen molar-refractivity contribution in [1.29, 1.82) is 0 Å². The van der Waals surface area contributed by atoms with E-state index in [1.807, 2.05) is 0 Å². The van der Waals surface area contributed by atoms with E-state index >= 15 is 0 Å². The van der Waals surface area contributed by atoms with Gasteiger partial charge in [0.25, 0.3) is 0 Å². The molecule has 0 aliphatic carbocycles. The van der Waals surface area contributed by atoms with Crippen LogP contribution in [0.4, 0.5) is 5.00 Å². The summed E-state index contributed by atoms with van der Waals surface area (Å²) in [7, 11) is 1.35. The number of ether oxygens (including phenoxy) is 1. The number of methoxy groups -OCH3 is 1. The Morgan fingerprint density at radius 1 is 1.76 bits per heavy atom. The molecule has 0 saturated carbocycles. The van der Waals surface area contributed by atoms with Gasteiger partial charge in [0.1, 0.15) is 0 Å². The van der Waals surface area contributed by atoms with Gasteiger partial charge >= 0.3 is 5.97 Å². The van der Waals surface area contributed by atoms with E-state index in [4.69, 9.17) is 0 Å². The molecule has 92 valence electrons. The molecule has 0 spiro atoms. The second-order valence-corrected chi connectivity index (χ2v) is 4.45. The molecule has 17 heavy (non-hydrogen) atoms. The van der Waals surface area contributed by atoms with E-state index in [-0.39, 0.29) is 5.97 Å². The highest BCUT2D eigenvalue weighted by Gasteiger charge is 2.13. The Hall–Kier alpha value is -1.60. The van der Waals surface area contributed by atoms with Crippen LogP contribution in [-0.2, 0) is 4.74 Å². The fourth-order valence-corrected chi connectivity index (χ4v) is 2.13. The van der Waals surface area contributed by atoms with E-state index in [9.17, 15) is 9.90 Å². The van der Waals surface area contributed by atoms with E-state index in [0.717, 1.165) is 5.00 Å². The molecule has 1 aliphatic rings. The predicted molar refractivity (Wildman–Crippen MR) is 65.6 cm³/mol. The van der Waals surface area contributed by atoms with Crippen molar-refractivity contribution in [2.75, 3.05) is 25.5 Å². The van der Waals surface area contributed by atoms with E-state index in [1.165, 1.54) is 18.4 Å². The summed E-state index contributed by atoms with van der Waals surface area (Å²) in [6.45, 7) is 0.853. The third-order valence-corrected chi connectivity index (χ3v) is 3.07. The van der Waals surface area contributed by atoms with Crippen molar-refractivity contribution in [3.05, 3.63) is 17.0 Å². The van der Waals surface area contributed by atoms with Crippen LogP contribution in [0.1, 0.15) is 10.4 Å². The van der Waals surface area contributed by atoms with Gasteiger partial charge in [-0.25, -0.2) is 4.79 Å². The zero-order valence-electron chi connectivity index (χ0n) is 9.27. The van der Waals surface area contributed by atoms with Crippen molar-refractivity contribution >= 4 is 28.3 Å². The first-order valence-corrected chi connectivity index (χ1v) is 5.97. The number of aliphatic hydroxyl groups is 1. The Labute approximate surface area is 102 Å². The van der Waals surface area contributed by atoms with Crippen LogP contribution in [0.2, 0.25) is 0 Å². The number of esters is 1. The summed E-state index contributed by atoms with van der Waals surface area (Å²) in [5, 5.41) is 17.7. The van der Waals surface area contributed by atoms with Gasteiger partial charge in [-0.3, -0.25) is 4.99 Å². The van der Waals surface area contributed by atoms with Crippen molar-refractivity contribution in [1.82, 2.24) is 5.32 Å². The number of aliphatic imine (C=N–C) groups is 1. The molecule has 2 heterocycles. The highest BCUT2D eigenvalue weighted by Crippen LogP contribution is 2.20. The summed E-state index contributed by atoms with van der Waals surface area (Å²) >= 11 is 1.39. The van der Waals surface area contributed by atoms with Crippen LogP contribution in [0.15, 0.2) is 16.4 Å². The number of hydrogen-bond acceptors (Lipinski definition) is 7. The van der Waals surface area contributed by atoms with Crippen LogP contribution in [0.5, 0.6) is 0 Å². The van der Waals surface area contributed by atoms with Crippen LogP contribution in [-0.4, -0.2) is 43.3 Å². The molecule has 0 amide bonds. The van der Waals surface area contributed by atoms with Crippen molar-refractivity contribution in [2.45, 2.75) is 6.10 Å². The average molecular weight is 255 g/mol. The Morgan fingerprint density at radius 2 is 2.59 bits per heavy atom. The lowest BCUT2D eigenvalue weighted by Gasteiger charge is -2.19. The van der Waals surface area contributed by atoms with Crippen LogP contribution in [0.25, 0.3) is 0 Å². The van der Waals surface area contributed by atoms with Crippen molar-refractivity contribution in [3.63, 3.8) is 0 Å². The predicted octanol–water partition coefficient (Wildman–Crippen LogP) is 0.267. The lowest BCUT2D eigenvalue weighted by molar-refractivity contribution is 0.0601. The molecule has 1 aliphatic heterocycles. The van der Waals surface area contributed by atoms with E-state index in [2.05, 4.69) is 20.4 Å². The van der Waals surface area contributed by atoms with Crippen molar-refractivity contribution < 1.29 is 14.6 Å². The van der Waals surface area contributed by atoms with Gasteiger partial charge in [-0.15, -0.1) is 11.3 Å². The molecule has 3 N–H and O–H groups in total. The largest absolute Gasteiger partial charge is 0.465 e. The fourth-order valence-electron chi connectivity index (χ4n) is 1.36. The van der Waals surface area contributed by atoms with Crippen molar-refractivity contribution in [3.8, 4) is 0 Å². The fraction of sp³-hybridized carbons (Fsp3) is 0.400. The Morgan fingerprint density at radius 3 is 3.24 bits per heavy atom. The topological polar surface area (TPSA) is 83.0 Å². The number of carbonyl (C=O) groups excluding carboxylic acids is 1. The number of β-amino-alcohol motifs (C(OH)–C–C–N with tert-alkyl or cyclic N) is 1. The zero-order valence-corrected chi connectivity index (χ0v) is 10.1. The molecule has 0 fully saturated rings. The van der Waals surface area contributed by atoms with Gasteiger partial charge < -0.3 is 20.5 Å². The van der Waals surface area contributed by atoms with Gasteiger partial charge in [0, 0.05) is 11.9 Å². The molecule has 0 radical (unpaired) electrons. The summed E-state index contributed by atoms with van der Waals surface area (Å²) in [5.41, 5.74) is 0.511. The normalized spacial score (nSPS) is 19.2. The number of nitrogens with zero attached hydrogens (tertiary/aromatic N) is 1. The van der Waals surface area contributed by atoms with Gasteiger partial charge in [0.15, 0.2) is 5.96 Å². The maximum absolute atomic E-state index is 11.2. The Balaban J connectivity index is 2.00. The maximum Gasteiger partial charge on any atom is 0.338 e. The smallest absolute Gasteiger partial charge is 0.338 e. The second kappa shape index (κ2) is 5.15. The van der Waals surface area contributed by atoms with Gasteiger partial charge in [-0.1, -0.05) is 0 Å². The monoisotopic (exact) mass is 255 g/mol. The first-order valence-electron chi connectivity index (χ1n) is 5.09. The number of rotatable bonds is 2. The SMILES string of the molecule is COC(=O)c1csc(NC2=NCC(O)CN2)c1. The Kier molecular flexibility index (Phi) is 3.60. The molecular formula is C10H13N3O3S. The van der Waals surface area contributed by atoms with E-state index in [1.54, 1.807) is 11.4 Å². The minimum atomic E-state index is -0.436. The molecule has 1 aromatic rings. The van der Waals surface area contributed by atoms with Gasteiger partial charge in [0.2, 0.25) is 0 Å². The molecule has 1 unspecified atom stereocenters. The number of nitrogens with one attached hydrogen (secondary N) is 2. The summed E-state index contributed by atoms with van der Waals surface area (Å²) in [6.07, 6.45) is -0.436. The molecule has 0 aromatic carbocycles. The Bertz CT molecular complexity index is 444. The molecule has 1 atom stereocenters. The minimum absolute atomic E-state index is 0.358. The van der Waals surface area contributed by atoms with E-state index < -0.39 is 6.10 Å². The van der Waals surface area contributed by atoms with E-state index in [0.29, 0.717) is 24.6 Å². The zero-order chi connectivity index (χ0) is 12.3. The van der Waals surface area contributed by atoms with Gasteiger partial charge in [-0.2, -0.15) is 0 Å². The number of thiophene rings is 1. The number of aliphatic hydroxyl groups excluding tert-OH is 1. The molecular weight excluding hydrogens is 242 g/mol. The molecule has 7 heteroatoms. The highest BCUT2D eigenvalue weighted by atomic mass is 32.1. The summed E-state index contributed by atoms with van der Waals surface area (Å²) in [6, 6.07) is 1.70. The minimum Gasteiger partial charge on any atom is -0.465 e. The number of carbonyl (C=O) groups is 1. The third-order valence-electron chi connectivity index (χ3n) is 2.23. The number of hydrogen-bond donors (Lipinski definition) is 3. The molecule has 0 saturated heterocycles. The third kappa shape index (κ3) is 2.95. The standard InChI is InChI=1S/C10H13N3O3S/c1-16-9(15)6-2-8(17-5-6)13-10-11-3-7(14)4-12-10/h2,5,7,14H,3-4H2,1H3,(H2,11,12,13). The molecule has 6 nitrogen and oxygen atoms in total. The highest BCUT2D eigenvalue weighted by molar-refractivity contribution is 7.14. The maximum atomic E-state index is 11.2. The van der Waals surface area contributed by atoms with Crippen LogP contribution >= 0.6 is 11.3 Å². The lowest BCUT2D eigenvalue weighted by atomic mass is 10.3. The van der Waals surface area contributed by atoms with Crippen LogP contribution in [0, 0.1) is 0 Å².